The molecule has 0 aliphatic carbocycles. The van der Waals surface area contributed by atoms with Crippen molar-refractivity contribution in [1.82, 2.24) is 4.98 Å². The van der Waals surface area contributed by atoms with Crippen LogP contribution in [0.15, 0.2) is 9.98 Å². The van der Waals surface area contributed by atoms with Crippen LogP contribution in [0.5, 0.6) is 0 Å². The Bertz CT molecular complexity index is 262. The molecule has 2 atom stereocenters. The fourth-order valence-electron chi connectivity index (χ4n) is 1.12. The Labute approximate surface area is 90.1 Å². The fraction of sp³-hybridized carbons (Fsp3) is 0.625. The molecule has 0 radical (unpaired) electrons. The first kappa shape index (κ1) is 11.1. The van der Waals surface area contributed by atoms with E-state index in [2.05, 4.69) is 20.9 Å². The van der Waals surface area contributed by atoms with Gasteiger partial charge in [0.05, 0.1) is 9.98 Å². The standard InChI is InChI=1S/C8H13BrN2OS/c1-2-5(3-10)7(12)8-11-4-6(9)13-8/h4-5,7,12H,2-3,10H2,1H3. The van der Waals surface area contributed by atoms with E-state index in [9.17, 15) is 5.11 Å². The molecule has 0 spiro atoms. The number of aliphatic hydroxyl groups excluding tert-OH is 1. The van der Waals surface area contributed by atoms with Crippen LogP contribution < -0.4 is 5.73 Å². The van der Waals surface area contributed by atoms with Crippen LogP contribution in [-0.4, -0.2) is 16.6 Å². The van der Waals surface area contributed by atoms with Crippen LogP contribution in [0.2, 0.25) is 0 Å². The van der Waals surface area contributed by atoms with Gasteiger partial charge in [-0.05, 0) is 28.9 Å². The molecule has 0 fully saturated rings. The molecule has 74 valence electrons. The summed E-state index contributed by atoms with van der Waals surface area (Å²) in [6, 6.07) is 0. The normalized spacial score (nSPS) is 15.7. The average Bonchev–Trinajstić information content (AvgIpc) is 2.54. The van der Waals surface area contributed by atoms with Crippen molar-refractivity contribution < 1.29 is 5.11 Å². The third kappa shape index (κ3) is 2.74. The van der Waals surface area contributed by atoms with E-state index in [1.165, 1.54) is 11.3 Å². The Balaban J connectivity index is 2.71. The Kier molecular flexibility index (Phi) is 4.31. The number of halogens is 1. The van der Waals surface area contributed by atoms with Gasteiger partial charge in [0.15, 0.2) is 0 Å². The van der Waals surface area contributed by atoms with Gasteiger partial charge in [0, 0.05) is 5.92 Å². The monoisotopic (exact) mass is 264 g/mol. The first-order chi connectivity index (χ1) is 6.19. The molecule has 0 aromatic carbocycles. The molecule has 5 heteroatoms. The van der Waals surface area contributed by atoms with Gasteiger partial charge in [-0.2, -0.15) is 0 Å². The summed E-state index contributed by atoms with van der Waals surface area (Å²) in [5.74, 6) is 0.109. The van der Waals surface area contributed by atoms with E-state index >= 15 is 0 Å². The molecule has 0 bridgehead atoms. The third-order valence-electron chi connectivity index (χ3n) is 2.02. The first-order valence-electron chi connectivity index (χ1n) is 4.18. The van der Waals surface area contributed by atoms with Crippen LogP contribution in [0.3, 0.4) is 0 Å². The second kappa shape index (κ2) is 5.05. The molecule has 1 heterocycles. The molecular formula is C8H13BrN2OS. The molecule has 2 unspecified atom stereocenters. The highest BCUT2D eigenvalue weighted by Gasteiger charge is 2.20. The molecule has 3 nitrogen and oxygen atoms in total. The molecule has 0 saturated carbocycles. The summed E-state index contributed by atoms with van der Waals surface area (Å²) in [7, 11) is 0. The minimum Gasteiger partial charge on any atom is -0.386 e. The predicted octanol–water partition coefficient (Wildman–Crippen LogP) is 1.92. The number of aromatic nitrogens is 1. The third-order valence-corrected chi connectivity index (χ3v) is 3.57. The summed E-state index contributed by atoms with van der Waals surface area (Å²) in [4.78, 5) is 4.10. The van der Waals surface area contributed by atoms with Crippen molar-refractivity contribution in [3.8, 4) is 0 Å². The highest BCUT2D eigenvalue weighted by molar-refractivity contribution is 9.11. The zero-order valence-electron chi connectivity index (χ0n) is 7.40. The van der Waals surface area contributed by atoms with Crippen LogP contribution in [0, 0.1) is 5.92 Å². The number of nitrogens with zero attached hydrogens (tertiary/aromatic N) is 1. The molecule has 13 heavy (non-hydrogen) atoms. The van der Waals surface area contributed by atoms with Crippen molar-refractivity contribution >= 4 is 27.3 Å². The second-order valence-electron chi connectivity index (χ2n) is 2.85. The maximum absolute atomic E-state index is 9.84. The lowest BCUT2D eigenvalue weighted by Crippen LogP contribution is -2.21. The molecule has 3 N–H and O–H groups in total. The number of hydrogen-bond acceptors (Lipinski definition) is 4. The van der Waals surface area contributed by atoms with Gasteiger partial charge < -0.3 is 10.8 Å². The average molecular weight is 265 g/mol. The Morgan fingerprint density at radius 3 is 2.85 bits per heavy atom. The SMILES string of the molecule is CCC(CN)C(O)c1ncc(Br)s1. The van der Waals surface area contributed by atoms with E-state index in [0.29, 0.717) is 6.54 Å². The molecule has 0 aliphatic heterocycles. The molecule has 1 rings (SSSR count). The summed E-state index contributed by atoms with van der Waals surface area (Å²) < 4.78 is 0.938. The minimum atomic E-state index is -0.522. The Morgan fingerprint density at radius 1 is 1.77 bits per heavy atom. The lowest BCUT2D eigenvalue weighted by atomic mass is 10.0. The van der Waals surface area contributed by atoms with Crippen molar-refractivity contribution in [1.29, 1.82) is 0 Å². The van der Waals surface area contributed by atoms with Gasteiger partial charge in [0.1, 0.15) is 11.1 Å². The first-order valence-corrected chi connectivity index (χ1v) is 5.79. The zero-order valence-corrected chi connectivity index (χ0v) is 9.81. The van der Waals surface area contributed by atoms with Crippen LogP contribution in [-0.2, 0) is 0 Å². The summed E-state index contributed by atoms with van der Waals surface area (Å²) >= 11 is 4.76. The van der Waals surface area contributed by atoms with Crippen molar-refractivity contribution in [3.63, 3.8) is 0 Å². The van der Waals surface area contributed by atoms with Gasteiger partial charge in [0.25, 0.3) is 0 Å². The van der Waals surface area contributed by atoms with E-state index in [-0.39, 0.29) is 5.92 Å². The van der Waals surface area contributed by atoms with Crippen LogP contribution in [0.25, 0.3) is 0 Å². The highest BCUT2D eigenvalue weighted by atomic mass is 79.9. The summed E-state index contributed by atoms with van der Waals surface area (Å²) in [5.41, 5.74) is 5.53. The molecule has 0 amide bonds. The maximum Gasteiger partial charge on any atom is 0.123 e. The van der Waals surface area contributed by atoms with Gasteiger partial charge in [-0.25, -0.2) is 4.98 Å². The zero-order chi connectivity index (χ0) is 9.84. The van der Waals surface area contributed by atoms with Crippen LogP contribution >= 0.6 is 27.3 Å². The summed E-state index contributed by atoms with van der Waals surface area (Å²) in [6.45, 7) is 2.51. The van der Waals surface area contributed by atoms with E-state index in [1.807, 2.05) is 6.92 Å². The number of rotatable bonds is 4. The number of nitrogens with two attached hydrogens (primary N) is 1. The van der Waals surface area contributed by atoms with E-state index in [1.54, 1.807) is 6.20 Å². The quantitative estimate of drug-likeness (QED) is 0.874. The van der Waals surface area contributed by atoms with Gasteiger partial charge >= 0.3 is 0 Å². The smallest absolute Gasteiger partial charge is 0.123 e. The lowest BCUT2D eigenvalue weighted by molar-refractivity contribution is 0.110. The number of thiazole rings is 1. The maximum atomic E-state index is 9.84. The number of aliphatic hydroxyl groups is 1. The van der Waals surface area contributed by atoms with Crippen LogP contribution in [0.1, 0.15) is 24.5 Å². The van der Waals surface area contributed by atoms with Gasteiger partial charge in [0.2, 0.25) is 0 Å². The van der Waals surface area contributed by atoms with Crippen molar-refractivity contribution in [2.45, 2.75) is 19.4 Å². The topological polar surface area (TPSA) is 59.1 Å². The molecule has 1 aromatic rings. The molecule has 1 aromatic heterocycles. The van der Waals surface area contributed by atoms with Crippen molar-refractivity contribution in [2.75, 3.05) is 6.54 Å². The van der Waals surface area contributed by atoms with Gasteiger partial charge in [-0.1, -0.05) is 6.92 Å². The highest BCUT2D eigenvalue weighted by Crippen LogP contribution is 2.29. The molecule has 0 saturated heterocycles. The van der Waals surface area contributed by atoms with Crippen molar-refractivity contribution in [3.05, 3.63) is 15.0 Å². The van der Waals surface area contributed by atoms with Gasteiger partial charge in [-0.3, -0.25) is 0 Å². The Morgan fingerprint density at radius 2 is 2.46 bits per heavy atom. The number of hydrogen-bond donors (Lipinski definition) is 2. The Hall–Kier alpha value is 0.0300. The fourth-order valence-corrected chi connectivity index (χ4v) is 2.45. The van der Waals surface area contributed by atoms with E-state index < -0.39 is 6.10 Å². The lowest BCUT2D eigenvalue weighted by Gasteiger charge is -2.17. The predicted molar refractivity (Wildman–Crippen MR) is 57.6 cm³/mol. The van der Waals surface area contributed by atoms with E-state index in [4.69, 9.17) is 5.73 Å². The van der Waals surface area contributed by atoms with Crippen molar-refractivity contribution in [2.24, 2.45) is 11.7 Å². The minimum absolute atomic E-state index is 0.109. The molecular weight excluding hydrogens is 252 g/mol. The largest absolute Gasteiger partial charge is 0.386 e. The summed E-state index contributed by atoms with van der Waals surface area (Å²) in [5, 5.41) is 10.6. The van der Waals surface area contributed by atoms with Gasteiger partial charge in [-0.15, -0.1) is 11.3 Å². The summed E-state index contributed by atoms with van der Waals surface area (Å²) in [6.07, 6.45) is 2.05. The van der Waals surface area contributed by atoms with E-state index in [0.717, 1.165) is 15.2 Å². The molecule has 0 aliphatic rings. The van der Waals surface area contributed by atoms with Crippen LogP contribution in [0.4, 0.5) is 0 Å². The second-order valence-corrected chi connectivity index (χ2v) is 5.29.